The Labute approximate surface area is 151 Å². The van der Waals surface area contributed by atoms with Crippen molar-refractivity contribution in [1.29, 1.82) is 0 Å². The molecular formula is C19H23BrN2O2. The molecule has 2 aromatic rings. The van der Waals surface area contributed by atoms with Crippen molar-refractivity contribution in [3.8, 4) is 0 Å². The van der Waals surface area contributed by atoms with Gasteiger partial charge >= 0.3 is 0 Å². The van der Waals surface area contributed by atoms with Crippen LogP contribution in [-0.4, -0.2) is 30.4 Å². The first-order valence-corrected chi connectivity index (χ1v) is 9.35. The number of halogens is 1. The number of carbonyl (C=O) groups is 1. The summed E-state index contributed by atoms with van der Waals surface area (Å²) in [6.45, 7) is 2.65. The van der Waals surface area contributed by atoms with Gasteiger partial charge in [-0.15, -0.1) is 0 Å². The summed E-state index contributed by atoms with van der Waals surface area (Å²) in [5.41, 5.74) is 0.659. The Balaban J connectivity index is 1.70. The van der Waals surface area contributed by atoms with E-state index in [0.29, 0.717) is 12.1 Å². The predicted molar refractivity (Wildman–Crippen MR) is 98.0 cm³/mol. The molecular weight excluding hydrogens is 368 g/mol. The van der Waals surface area contributed by atoms with E-state index in [1.54, 1.807) is 6.26 Å². The minimum atomic E-state index is -0.0612. The minimum Gasteiger partial charge on any atom is -0.468 e. The summed E-state index contributed by atoms with van der Waals surface area (Å²) in [5.74, 6) is 0.859. The molecule has 1 aromatic carbocycles. The molecule has 0 saturated carbocycles. The van der Waals surface area contributed by atoms with Crippen molar-refractivity contribution in [2.45, 2.75) is 31.7 Å². The van der Waals surface area contributed by atoms with Gasteiger partial charge in [0.05, 0.1) is 17.9 Å². The number of benzene rings is 1. The molecule has 1 unspecified atom stereocenters. The molecule has 5 heteroatoms. The van der Waals surface area contributed by atoms with Crippen molar-refractivity contribution in [3.63, 3.8) is 0 Å². The second-order valence-electron chi connectivity index (χ2n) is 6.17. The van der Waals surface area contributed by atoms with Crippen molar-refractivity contribution < 1.29 is 9.21 Å². The first kappa shape index (κ1) is 17.2. The monoisotopic (exact) mass is 390 g/mol. The van der Waals surface area contributed by atoms with Crippen molar-refractivity contribution >= 4 is 21.8 Å². The minimum absolute atomic E-state index is 0.0612. The molecule has 3 rings (SSSR count). The van der Waals surface area contributed by atoms with Gasteiger partial charge in [0.25, 0.3) is 5.91 Å². The van der Waals surface area contributed by atoms with Crippen LogP contribution in [0.4, 0.5) is 0 Å². The maximum atomic E-state index is 12.5. The predicted octanol–water partition coefficient (Wildman–Crippen LogP) is 4.39. The molecule has 0 radical (unpaired) electrons. The normalized spacial score (nSPS) is 17.2. The average molecular weight is 391 g/mol. The van der Waals surface area contributed by atoms with Gasteiger partial charge < -0.3 is 9.73 Å². The van der Waals surface area contributed by atoms with E-state index in [0.717, 1.165) is 23.3 Å². The maximum Gasteiger partial charge on any atom is 0.252 e. The van der Waals surface area contributed by atoms with Crippen molar-refractivity contribution in [1.82, 2.24) is 10.2 Å². The molecule has 0 spiro atoms. The van der Waals surface area contributed by atoms with Crippen LogP contribution in [0.5, 0.6) is 0 Å². The Bertz CT molecular complexity index is 649. The van der Waals surface area contributed by atoms with Gasteiger partial charge in [-0.25, -0.2) is 0 Å². The standard InChI is InChI=1S/C19H23BrN2O2/c20-16-9-4-3-8-15(16)19(23)21-14-17(18-10-7-13-24-18)22-11-5-1-2-6-12-22/h3-4,7-10,13,17H,1-2,5-6,11-12,14H2,(H,21,23). The molecule has 1 saturated heterocycles. The van der Waals surface area contributed by atoms with Crippen LogP contribution in [-0.2, 0) is 0 Å². The van der Waals surface area contributed by atoms with E-state index in [1.807, 2.05) is 36.4 Å². The van der Waals surface area contributed by atoms with E-state index in [-0.39, 0.29) is 11.9 Å². The molecule has 24 heavy (non-hydrogen) atoms. The number of hydrogen-bond donors (Lipinski definition) is 1. The number of likely N-dealkylation sites (tertiary alicyclic amines) is 1. The molecule has 1 aliphatic rings. The van der Waals surface area contributed by atoms with Crippen LogP contribution < -0.4 is 5.32 Å². The van der Waals surface area contributed by atoms with Crippen LogP contribution in [0.15, 0.2) is 51.6 Å². The quantitative estimate of drug-likeness (QED) is 0.823. The van der Waals surface area contributed by atoms with Gasteiger partial charge in [0, 0.05) is 11.0 Å². The van der Waals surface area contributed by atoms with Gasteiger partial charge in [0.15, 0.2) is 0 Å². The summed E-state index contributed by atoms with van der Waals surface area (Å²) in [6, 6.07) is 11.5. The van der Waals surface area contributed by atoms with Gasteiger partial charge in [0.1, 0.15) is 5.76 Å². The number of furan rings is 1. The van der Waals surface area contributed by atoms with Crippen LogP contribution in [0.3, 0.4) is 0 Å². The number of hydrogen-bond acceptors (Lipinski definition) is 3. The summed E-state index contributed by atoms with van der Waals surface area (Å²) in [6.07, 6.45) is 6.68. The van der Waals surface area contributed by atoms with E-state index in [9.17, 15) is 4.79 Å². The fourth-order valence-corrected chi connectivity index (χ4v) is 3.69. The van der Waals surface area contributed by atoms with E-state index in [4.69, 9.17) is 4.42 Å². The summed E-state index contributed by atoms with van der Waals surface area (Å²) in [5, 5.41) is 3.08. The van der Waals surface area contributed by atoms with Crippen LogP contribution >= 0.6 is 15.9 Å². The Hall–Kier alpha value is -1.59. The summed E-state index contributed by atoms with van der Waals surface area (Å²) < 4.78 is 6.46. The molecule has 1 amide bonds. The van der Waals surface area contributed by atoms with Crippen LogP contribution in [0, 0.1) is 0 Å². The summed E-state index contributed by atoms with van der Waals surface area (Å²) >= 11 is 3.44. The first-order valence-electron chi connectivity index (χ1n) is 8.56. The van der Waals surface area contributed by atoms with E-state index < -0.39 is 0 Å². The fourth-order valence-electron chi connectivity index (χ4n) is 3.23. The molecule has 4 nitrogen and oxygen atoms in total. The molecule has 1 N–H and O–H groups in total. The fraction of sp³-hybridized carbons (Fsp3) is 0.421. The van der Waals surface area contributed by atoms with Crippen molar-refractivity contribution in [2.24, 2.45) is 0 Å². The number of carbonyl (C=O) groups excluding carboxylic acids is 1. The Kier molecular flexibility index (Phi) is 6.10. The summed E-state index contributed by atoms with van der Waals surface area (Å²) in [7, 11) is 0. The van der Waals surface area contributed by atoms with Gasteiger partial charge in [0.2, 0.25) is 0 Å². The van der Waals surface area contributed by atoms with E-state index >= 15 is 0 Å². The molecule has 2 heterocycles. The van der Waals surface area contributed by atoms with Crippen LogP contribution in [0.1, 0.15) is 47.8 Å². The lowest BCUT2D eigenvalue weighted by Crippen LogP contribution is -2.38. The maximum absolute atomic E-state index is 12.5. The third kappa shape index (κ3) is 4.28. The van der Waals surface area contributed by atoms with Crippen molar-refractivity contribution in [2.75, 3.05) is 19.6 Å². The number of amides is 1. The second kappa shape index (κ2) is 8.49. The van der Waals surface area contributed by atoms with Gasteiger partial charge in [-0.3, -0.25) is 9.69 Å². The Morgan fingerprint density at radius 2 is 1.88 bits per heavy atom. The van der Waals surface area contributed by atoms with E-state index in [1.165, 1.54) is 25.7 Å². The highest BCUT2D eigenvalue weighted by Gasteiger charge is 2.24. The SMILES string of the molecule is O=C(NCC(c1ccco1)N1CCCCCC1)c1ccccc1Br. The lowest BCUT2D eigenvalue weighted by atomic mass is 10.1. The van der Waals surface area contributed by atoms with Crippen LogP contribution in [0.25, 0.3) is 0 Å². The highest BCUT2D eigenvalue weighted by Crippen LogP contribution is 2.24. The molecule has 0 aliphatic carbocycles. The smallest absolute Gasteiger partial charge is 0.252 e. The number of rotatable bonds is 5. The Morgan fingerprint density at radius 1 is 1.12 bits per heavy atom. The number of nitrogens with one attached hydrogen (secondary N) is 1. The molecule has 1 fully saturated rings. The third-order valence-electron chi connectivity index (χ3n) is 4.53. The lowest BCUT2D eigenvalue weighted by Gasteiger charge is -2.29. The molecule has 128 valence electrons. The molecule has 0 bridgehead atoms. The van der Waals surface area contributed by atoms with Gasteiger partial charge in [-0.05, 0) is 66.1 Å². The Morgan fingerprint density at radius 3 is 2.54 bits per heavy atom. The van der Waals surface area contributed by atoms with Crippen molar-refractivity contribution in [3.05, 3.63) is 58.5 Å². The lowest BCUT2D eigenvalue weighted by molar-refractivity contribution is 0.0926. The molecule has 1 aromatic heterocycles. The zero-order chi connectivity index (χ0) is 16.8. The number of nitrogens with zero attached hydrogens (tertiary/aromatic N) is 1. The first-order chi connectivity index (χ1) is 11.8. The molecule has 1 aliphatic heterocycles. The highest BCUT2D eigenvalue weighted by atomic mass is 79.9. The van der Waals surface area contributed by atoms with Gasteiger partial charge in [-0.1, -0.05) is 25.0 Å². The van der Waals surface area contributed by atoms with Gasteiger partial charge in [-0.2, -0.15) is 0 Å². The average Bonchev–Trinajstić information content (AvgIpc) is 2.98. The van der Waals surface area contributed by atoms with E-state index in [2.05, 4.69) is 26.1 Å². The zero-order valence-corrected chi connectivity index (χ0v) is 15.3. The highest BCUT2D eigenvalue weighted by molar-refractivity contribution is 9.10. The topological polar surface area (TPSA) is 45.5 Å². The summed E-state index contributed by atoms with van der Waals surface area (Å²) in [4.78, 5) is 14.9. The van der Waals surface area contributed by atoms with Crippen LogP contribution in [0.2, 0.25) is 0 Å². The molecule has 1 atom stereocenters. The second-order valence-corrected chi connectivity index (χ2v) is 7.03. The zero-order valence-electron chi connectivity index (χ0n) is 13.7. The largest absolute Gasteiger partial charge is 0.468 e. The third-order valence-corrected chi connectivity index (χ3v) is 5.22.